The second-order valence-electron chi connectivity index (χ2n) is 3.49. The van der Waals surface area contributed by atoms with Crippen LogP contribution in [0.4, 0.5) is 0 Å². The Labute approximate surface area is 78.9 Å². The molecule has 4 nitrogen and oxygen atoms in total. The average molecular weight is 208 g/mol. The van der Waals surface area contributed by atoms with E-state index in [1.165, 1.54) is 13.8 Å². The van der Waals surface area contributed by atoms with Crippen molar-refractivity contribution in [3.05, 3.63) is 0 Å². The number of carboxylic acid groups (broad SMARTS) is 1. The van der Waals surface area contributed by atoms with Crippen molar-refractivity contribution in [3.63, 3.8) is 0 Å². The summed E-state index contributed by atoms with van der Waals surface area (Å²) in [6.07, 6.45) is 1.26. The van der Waals surface area contributed by atoms with Crippen LogP contribution in [0.25, 0.3) is 0 Å². The van der Waals surface area contributed by atoms with Gasteiger partial charge in [-0.3, -0.25) is 4.79 Å². The molecule has 13 heavy (non-hydrogen) atoms. The largest absolute Gasteiger partial charge is 0.480 e. The molecule has 0 fully saturated rings. The maximum atomic E-state index is 11.5. The van der Waals surface area contributed by atoms with Gasteiger partial charge in [0, 0.05) is 0 Å². The van der Waals surface area contributed by atoms with Crippen LogP contribution in [0.2, 0.25) is 0 Å². The fourth-order valence-corrected chi connectivity index (χ4v) is 2.17. The van der Waals surface area contributed by atoms with Crippen LogP contribution in [0.3, 0.4) is 0 Å². The second kappa shape index (κ2) is 4.09. The monoisotopic (exact) mass is 208 g/mol. The maximum absolute atomic E-state index is 11.5. The number of aliphatic carboxylic acids is 1. The van der Waals surface area contributed by atoms with Gasteiger partial charge < -0.3 is 5.11 Å². The van der Waals surface area contributed by atoms with Crippen LogP contribution < -0.4 is 0 Å². The quantitative estimate of drug-likeness (QED) is 0.733. The minimum Gasteiger partial charge on any atom is -0.480 e. The molecule has 0 aliphatic carbocycles. The van der Waals surface area contributed by atoms with Gasteiger partial charge in [-0.05, 0) is 20.3 Å². The Morgan fingerprint density at radius 3 is 2.15 bits per heavy atom. The second-order valence-corrected chi connectivity index (χ2v) is 6.15. The van der Waals surface area contributed by atoms with Crippen LogP contribution in [0.15, 0.2) is 0 Å². The van der Waals surface area contributed by atoms with Gasteiger partial charge in [-0.1, -0.05) is 13.3 Å². The molecule has 0 saturated carbocycles. The van der Waals surface area contributed by atoms with Crippen molar-refractivity contribution in [3.8, 4) is 0 Å². The Bertz CT molecular complexity index is 277. The number of hydrogen-bond donors (Lipinski definition) is 1. The predicted octanol–water partition coefficient (Wildman–Crippen LogP) is 1.06. The zero-order valence-electron chi connectivity index (χ0n) is 8.20. The molecule has 0 heterocycles. The molecule has 0 rings (SSSR count). The number of rotatable bonds is 5. The van der Waals surface area contributed by atoms with Crippen LogP contribution in [-0.4, -0.2) is 30.0 Å². The molecule has 0 aromatic heterocycles. The molecule has 0 aromatic rings. The third-order valence-electron chi connectivity index (χ3n) is 2.06. The maximum Gasteiger partial charge on any atom is 0.324 e. The molecule has 0 unspecified atom stereocenters. The lowest BCUT2D eigenvalue weighted by Crippen LogP contribution is -2.41. The van der Waals surface area contributed by atoms with Crippen molar-refractivity contribution >= 4 is 15.8 Å². The van der Waals surface area contributed by atoms with E-state index in [1.807, 2.05) is 6.92 Å². The van der Waals surface area contributed by atoms with E-state index < -0.39 is 20.6 Å². The summed E-state index contributed by atoms with van der Waals surface area (Å²) in [5, 5.41) is 8.70. The van der Waals surface area contributed by atoms with Gasteiger partial charge in [-0.15, -0.1) is 0 Å². The van der Waals surface area contributed by atoms with Crippen molar-refractivity contribution in [1.82, 2.24) is 0 Å². The highest BCUT2D eigenvalue weighted by molar-refractivity contribution is 7.93. The van der Waals surface area contributed by atoms with Crippen molar-refractivity contribution in [2.75, 3.05) is 5.75 Å². The first-order valence-electron chi connectivity index (χ1n) is 4.21. The number of carbonyl (C=O) groups is 1. The van der Waals surface area contributed by atoms with E-state index in [-0.39, 0.29) is 5.75 Å². The fraction of sp³-hybridized carbons (Fsp3) is 0.875. The normalized spacial score (nSPS) is 12.8. The van der Waals surface area contributed by atoms with Crippen molar-refractivity contribution < 1.29 is 18.3 Å². The summed E-state index contributed by atoms with van der Waals surface area (Å²) >= 11 is 0. The number of unbranched alkanes of at least 4 members (excludes halogenated alkanes) is 1. The SMILES string of the molecule is CCCCS(=O)(=O)C(C)(C)C(=O)O. The summed E-state index contributed by atoms with van der Waals surface area (Å²) in [6.45, 7) is 4.31. The highest BCUT2D eigenvalue weighted by atomic mass is 32.2. The molecule has 0 bridgehead atoms. The Kier molecular flexibility index (Phi) is 3.90. The summed E-state index contributed by atoms with van der Waals surface area (Å²) in [5.41, 5.74) is 0. The Balaban J connectivity index is 4.73. The Morgan fingerprint density at radius 2 is 1.85 bits per heavy atom. The third kappa shape index (κ3) is 2.69. The average Bonchev–Trinajstić information content (AvgIpc) is 2.00. The zero-order chi connectivity index (χ0) is 10.7. The van der Waals surface area contributed by atoms with Gasteiger partial charge in [0.2, 0.25) is 0 Å². The van der Waals surface area contributed by atoms with Crippen LogP contribution in [0.1, 0.15) is 33.6 Å². The van der Waals surface area contributed by atoms with Crippen LogP contribution in [0, 0.1) is 0 Å². The predicted molar refractivity (Wildman–Crippen MR) is 50.4 cm³/mol. The van der Waals surface area contributed by atoms with Gasteiger partial charge in [-0.25, -0.2) is 8.42 Å². The van der Waals surface area contributed by atoms with E-state index in [1.54, 1.807) is 0 Å². The van der Waals surface area contributed by atoms with Gasteiger partial charge in [0.15, 0.2) is 14.6 Å². The summed E-state index contributed by atoms with van der Waals surface area (Å²) in [7, 11) is -3.52. The molecule has 0 atom stereocenters. The molecule has 5 heteroatoms. The van der Waals surface area contributed by atoms with E-state index in [9.17, 15) is 13.2 Å². The Hall–Kier alpha value is -0.580. The summed E-state index contributed by atoms with van der Waals surface area (Å²) in [4.78, 5) is 10.7. The van der Waals surface area contributed by atoms with Gasteiger partial charge >= 0.3 is 5.97 Å². The molecule has 0 radical (unpaired) electrons. The smallest absolute Gasteiger partial charge is 0.324 e. The lowest BCUT2D eigenvalue weighted by Gasteiger charge is -2.19. The summed E-state index contributed by atoms with van der Waals surface area (Å²) < 4.78 is 21.3. The van der Waals surface area contributed by atoms with E-state index >= 15 is 0 Å². The molecular formula is C8H16O4S. The van der Waals surface area contributed by atoms with Gasteiger partial charge in [0.1, 0.15) is 0 Å². The van der Waals surface area contributed by atoms with Crippen LogP contribution in [-0.2, 0) is 14.6 Å². The molecular weight excluding hydrogens is 192 g/mol. The standard InChI is InChI=1S/C8H16O4S/c1-4-5-6-13(11,12)8(2,3)7(9)10/h4-6H2,1-3H3,(H,9,10). The van der Waals surface area contributed by atoms with E-state index in [2.05, 4.69) is 0 Å². The summed E-state index contributed by atoms with van der Waals surface area (Å²) in [5.74, 6) is -1.34. The number of hydrogen-bond acceptors (Lipinski definition) is 3. The molecule has 0 aliphatic heterocycles. The first-order chi connectivity index (χ1) is 5.75. The lowest BCUT2D eigenvalue weighted by molar-refractivity contribution is -0.139. The molecule has 1 N–H and O–H groups in total. The molecule has 0 amide bonds. The molecule has 0 aliphatic rings. The molecule has 0 spiro atoms. The Morgan fingerprint density at radius 1 is 1.38 bits per heavy atom. The minimum atomic E-state index is -3.52. The van der Waals surface area contributed by atoms with Crippen LogP contribution >= 0.6 is 0 Å². The van der Waals surface area contributed by atoms with Gasteiger partial charge in [0.25, 0.3) is 0 Å². The first-order valence-corrected chi connectivity index (χ1v) is 5.86. The topological polar surface area (TPSA) is 71.4 Å². The lowest BCUT2D eigenvalue weighted by atomic mass is 10.2. The summed E-state index contributed by atoms with van der Waals surface area (Å²) in [6, 6.07) is 0. The highest BCUT2D eigenvalue weighted by Gasteiger charge is 2.40. The zero-order valence-corrected chi connectivity index (χ0v) is 9.02. The minimum absolute atomic E-state index is 0.0528. The molecule has 78 valence electrons. The van der Waals surface area contributed by atoms with Crippen molar-refractivity contribution in [1.29, 1.82) is 0 Å². The van der Waals surface area contributed by atoms with Crippen molar-refractivity contribution in [2.45, 2.75) is 38.4 Å². The van der Waals surface area contributed by atoms with Crippen molar-refractivity contribution in [2.24, 2.45) is 0 Å². The van der Waals surface area contributed by atoms with E-state index in [0.717, 1.165) is 6.42 Å². The fourth-order valence-electron chi connectivity index (χ4n) is 0.723. The number of carboxylic acids is 1. The molecule has 0 saturated heterocycles. The molecule has 0 aromatic carbocycles. The van der Waals surface area contributed by atoms with Crippen LogP contribution in [0.5, 0.6) is 0 Å². The van der Waals surface area contributed by atoms with E-state index in [4.69, 9.17) is 5.11 Å². The van der Waals surface area contributed by atoms with Gasteiger partial charge in [0.05, 0.1) is 5.75 Å². The third-order valence-corrected chi connectivity index (χ3v) is 4.61. The van der Waals surface area contributed by atoms with E-state index in [0.29, 0.717) is 6.42 Å². The van der Waals surface area contributed by atoms with Gasteiger partial charge in [-0.2, -0.15) is 0 Å². The first kappa shape index (κ1) is 12.4. The highest BCUT2D eigenvalue weighted by Crippen LogP contribution is 2.18. The number of sulfone groups is 1.